The molecule has 28 heavy (non-hydrogen) atoms. The second kappa shape index (κ2) is 7.91. The lowest BCUT2D eigenvalue weighted by molar-refractivity contribution is 0.184. The van der Waals surface area contributed by atoms with Crippen molar-refractivity contribution in [2.75, 3.05) is 5.43 Å². The number of anilines is 1. The summed E-state index contributed by atoms with van der Waals surface area (Å²) in [5, 5.41) is 5.59. The smallest absolute Gasteiger partial charge is 0.158 e. The van der Waals surface area contributed by atoms with Crippen LogP contribution in [0.15, 0.2) is 40.2 Å². The fourth-order valence-electron chi connectivity index (χ4n) is 3.87. The predicted molar refractivity (Wildman–Crippen MR) is 122 cm³/mol. The van der Waals surface area contributed by atoms with Crippen molar-refractivity contribution >= 4 is 49.5 Å². The maximum atomic E-state index is 4.54. The van der Waals surface area contributed by atoms with Crippen molar-refractivity contribution in [1.29, 1.82) is 0 Å². The number of thiophene rings is 1. The lowest BCUT2D eigenvalue weighted by atomic mass is 9.69. The van der Waals surface area contributed by atoms with Crippen molar-refractivity contribution in [2.24, 2.45) is 16.4 Å². The van der Waals surface area contributed by atoms with Gasteiger partial charge in [-0.05, 0) is 53.9 Å². The van der Waals surface area contributed by atoms with Gasteiger partial charge in [0.1, 0.15) is 11.2 Å². The van der Waals surface area contributed by atoms with Crippen molar-refractivity contribution in [3.8, 4) is 0 Å². The molecule has 1 aliphatic carbocycles. The molecule has 1 aliphatic rings. The summed E-state index contributed by atoms with van der Waals surface area (Å²) in [5.74, 6) is 1.51. The third-order valence-corrected chi connectivity index (χ3v) is 7.84. The van der Waals surface area contributed by atoms with Crippen LogP contribution in [0.2, 0.25) is 0 Å². The molecule has 146 valence electrons. The molecule has 0 saturated carbocycles. The van der Waals surface area contributed by atoms with Crippen LogP contribution in [0.1, 0.15) is 49.6 Å². The van der Waals surface area contributed by atoms with Crippen molar-refractivity contribution < 1.29 is 0 Å². The van der Waals surface area contributed by atoms with E-state index in [-0.39, 0.29) is 0 Å². The quantitative estimate of drug-likeness (QED) is 0.354. The molecule has 2 aromatic heterocycles. The Morgan fingerprint density at radius 3 is 2.82 bits per heavy atom. The molecule has 1 atom stereocenters. The lowest BCUT2D eigenvalue weighted by Crippen LogP contribution is -2.28. The SMILES string of the molecule is CCC(C)(C)[C@@H]1CCc2sc3ncnc(N/N=C\c4ccc(Br)cc4)c3c2C1. The summed E-state index contributed by atoms with van der Waals surface area (Å²) in [6.45, 7) is 7.10. The summed E-state index contributed by atoms with van der Waals surface area (Å²) in [4.78, 5) is 11.6. The van der Waals surface area contributed by atoms with Crippen molar-refractivity contribution in [3.05, 3.63) is 51.1 Å². The van der Waals surface area contributed by atoms with E-state index in [0.717, 1.165) is 38.9 Å². The summed E-state index contributed by atoms with van der Waals surface area (Å²) in [6, 6.07) is 8.06. The molecule has 1 N–H and O–H groups in total. The van der Waals surface area contributed by atoms with E-state index in [1.54, 1.807) is 6.33 Å². The van der Waals surface area contributed by atoms with Crippen LogP contribution in [0.4, 0.5) is 5.82 Å². The van der Waals surface area contributed by atoms with E-state index in [4.69, 9.17) is 0 Å². The number of hydrazone groups is 1. The molecule has 0 aliphatic heterocycles. The van der Waals surface area contributed by atoms with E-state index < -0.39 is 0 Å². The largest absolute Gasteiger partial charge is 0.261 e. The van der Waals surface area contributed by atoms with Gasteiger partial charge in [-0.15, -0.1) is 11.3 Å². The number of fused-ring (bicyclic) bond motifs is 3. The van der Waals surface area contributed by atoms with E-state index in [1.807, 2.05) is 41.8 Å². The van der Waals surface area contributed by atoms with Crippen LogP contribution in [-0.4, -0.2) is 16.2 Å². The zero-order valence-corrected chi connectivity index (χ0v) is 18.9. The predicted octanol–water partition coefficient (Wildman–Crippen LogP) is 6.44. The van der Waals surface area contributed by atoms with Gasteiger partial charge in [0.25, 0.3) is 0 Å². The fourth-order valence-corrected chi connectivity index (χ4v) is 5.31. The molecular formula is C22H25BrN4S. The average Bonchev–Trinajstić information content (AvgIpc) is 3.08. The van der Waals surface area contributed by atoms with Gasteiger partial charge in [-0.2, -0.15) is 5.10 Å². The average molecular weight is 457 g/mol. The molecule has 0 saturated heterocycles. The van der Waals surface area contributed by atoms with Crippen LogP contribution < -0.4 is 5.43 Å². The standard InChI is InChI=1S/C22H25BrN4S/c1-4-22(2,3)15-7-10-18-17(11-15)19-20(24-13-25-21(19)28-18)27-26-12-14-5-8-16(23)9-6-14/h5-6,8-9,12-13,15H,4,7,10-11H2,1-3H3,(H,24,25,27)/b26-12-/t15-/m1/s1. The Bertz CT molecular complexity index is 1010. The number of aromatic nitrogens is 2. The maximum absolute atomic E-state index is 4.54. The minimum absolute atomic E-state index is 0.356. The Morgan fingerprint density at radius 2 is 2.07 bits per heavy atom. The van der Waals surface area contributed by atoms with Gasteiger partial charge in [-0.3, -0.25) is 5.43 Å². The van der Waals surface area contributed by atoms with E-state index in [0.29, 0.717) is 11.3 Å². The number of halogens is 1. The zero-order chi connectivity index (χ0) is 19.7. The summed E-state index contributed by atoms with van der Waals surface area (Å²) < 4.78 is 1.06. The second-order valence-corrected chi connectivity index (χ2v) is 10.1. The molecule has 4 rings (SSSR count). The lowest BCUT2D eigenvalue weighted by Gasteiger charge is -2.36. The van der Waals surface area contributed by atoms with E-state index >= 15 is 0 Å². The number of rotatable bonds is 5. The van der Waals surface area contributed by atoms with Gasteiger partial charge in [0, 0.05) is 9.35 Å². The second-order valence-electron chi connectivity index (χ2n) is 8.11. The molecule has 4 nitrogen and oxygen atoms in total. The Balaban J connectivity index is 1.63. The first-order chi connectivity index (χ1) is 13.5. The maximum Gasteiger partial charge on any atom is 0.158 e. The summed E-state index contributed by atoms with van der Waals surface area (Å²) >= 11 is 5.27. The molecule has 0 spiro atoms. The van der Waals surface area contributed by atoms with Crippen molar-refractivity contribution in [3.63, 3.8) is 0 Å². The molecule has 0 radical (unpaired) electrons. The van der Waals surface area contributed by atoms with Crippen LogP contribution in [0, 0.1) is 11.3 Å². The molecule has 0 bridgehead atoms. The minimum Gasteiger partial charge on any atom is -0.261 e. The zero-order valence-electron chi connectivity index (χ0n) is 16.5. The van der Waals surface area contributed by atoms with Gasteiger partial charge in [-0.1, -0.05) is 55.3 Å². The monoisotopic (exact) mass is 456 g/mol. The molecule has 0 fully saturated rings. The normalized spacial score (nSPS) is 17.2. The highest BCUT2D eigenvalue weighted by molar-refractivity contribution is 9.10. The molecule has 2 heterocycles. The van der Waals surface area contributed by atoms with Crippen LogP contribution in [0.25, 0.3) is 10.2 Å². The third-order valence-electron chi connectivity index (χ3n) is 6.11. The van der Waals surface area contributed by atoms with E-state index in [2.05, 4.69) is 57.2 Å². The van der Waals surface area contributed by atoms with Gasteiger partial charge in [0.15, 0.2) is 5.82 Å². The van der Waals surface area contributed by atoms with Gasteiger partial charge >= 0.3 is 0 Å². The van der Waals surface area contributed by atoms with Crippen LogP contribution in [0.3, 0.4) is 0 Å². The van der Waals surface area contributed by atoms with Crippen LogP contribution in [-0.2, 0) is 12.8 Å². The van der Waals surface area contributed by atoms with Crippen molar-refractivity contribution in [1.82, 2.24) is 9.97 Å². The minimum atomic E-state index is 0.356. The molecule has 0 unspecified atom stereocenters. The van der Waals surface area contributed by atoms with Gasteiger partial charge in [0.2, 0.25) is 0 Å². The molecule has 1 aromatic carbocycles. The summed E-state index contributed by atoms with van der Waals surface area (Å²) in [7, 11) is 0. The number of benzene rings is 1. The first kappa shape index (κ1) is 19.5. The van der Waals surface area contributed by atoms with Gasteiger partial charge in [-0.25, -0.2) is 9.97 Å². The Morgan fingerprint density at radius 1 is 1.29 bits per heavy atom. The molecule has 0 amide bonds. The molecule has 3 aromatic rings. The third kappa shape index (κ3) is 3.85. The van der Waals surface area contributed by atoms with Crippen LogP contribution in [0.5, 0.6) is 0 Å². The molecular weight excluding hydrogens is 432 g/mol. The Labute approximate surface area is 178 Å². The number of hydrogen-bond donors (Lipinski definition) is 1. The summed E-state index contributed by atoms with van der Waals surface area (Å²) in [5.41, 5.74) is 5.99. The highest BCUT2D eigenvalue weighted by Gasteiger charge is 2.33. The van der Waals surface area contributed by atoms with E-state index in [9.17, 15) is 0 Å². The first-order valence-electron chi connectivity index (χ1n) is 9.78. The highest BCUT2D eigenvalue weighted by atomic mass is 79.9. The molecule has 6 heteroatoms. The number of aryl methyl sites for hydroxylation is 1. The van der Waals surface area contributed by atoms with E-state index in [1.165, 1.54) is 23.3 Å². The van der Waals surface area contributed by atoms with Crippen LogP contribution >= 0.6 is 27.3 Å². The van der Waals surface area contributed by atoms with Crippen molar-refractivity contribution in [2.45, 2.75) is 46.5 Å². The highest BCUT2D eigenvalue weighted by Crippen LogP contribution is 2.45. The Hall–Kier alpha value is -1.79. The van der Waals surface area contributed by atoms with Gasteiger partial charge in [0.05, 0.1) is 11.6 Å². The number of hydrogen-bond acceptors (Lipinski definition) is 5. The van der Waals surface area contributed by atoms with Gasteiger partial charge < -0.3 is 0 Å². The number of nitrogens with zero attached hydrogens (tertiary/aromatic N) is 3. The number of nitrogens with one attached hydrogen (secondary N) is 1. The summed E-state index contributed by atoms with van der Waals surface area (Å²) in [6.07, 6.45) is 8.17. The first-order valence-corrected chi connectivity index (χ1v) is 11.4. The Kier molecular flexibility index (Phi) is 5.52. The topological polar surface area (TPSA) is 50.2 Å². The fraction of sp³-hybridized carbons (Fsp3) is 0.409.